The van der Waals surface area contributed by atoms with Crippen molar-refractivity contribution in [1.82, 2.24) is 5.32 Å². The van der Waals surface area contributed by atoms with Crippen molar-refractivity contribution >= 4 is 21.6 Å². The maximum Gasteiger partial charge on any atom is 0.0541 e. The van der Waals surface area contributed by atoms with E-state index in [0.29, 0.717) is 5.92 Å². The average Bonchev–Trinajstić information content (AvgIpc) is 2.45. The van der Waals surface area contributed by atoms with Crippen LogP contribution in [0.4, 0.5) is 5.69 Å². The van der Waals surface area contributed by atoms with Crippen LogP contribution in [0, 0.1) is 5.92 Å². The van der Waals surface area contributed by atoms with Crippen molar-refractivity contribution in [3.63, 3.8) is 0 Å². The molecule has 3 nitrogen and oxygen atoms in total. The zero-order valence-corrected chi connectivity index (χ0v) is 14.0. The molecule has 2 N–H and O–H groups in total. The number of nitrogens with one attached hydrogen (secondary N) is 1. The number of anilines is 1. The molecule has 1 aliphatic heterocycles. The van der Waals surface area contributed by atoms with Gasteiger partial charge in [-0.1, -0.05) is 22.9 Å². The summed E-state index contributed by atoms with van der Waals surface area (Å²) in [5, 5.41) is 13.1. The molecule has 1 heterocycles. The van der Waals surface area contributed by atoms with Crippen LogP contribution in [0.1, 0.15) is 32.3 Å². The molecule has 0 spiro atoms. The van der Waals surface area contributed by atoms with E-state index in [1.54, 1.807) is 0 Å². The van der Waals surface area contributed by atoms with E-state index < -0.39 is 0 Å². The Kier molecular flexibility index (Phi) is 5.87. The van der Waals surface area contributed by atoms with E-state index >= 15 is 0 Å². The molecule has 0 bridgehead atoms. The molecule has 2 rings (SSSR count). The molecule has 1 atom stereocenters. The van der Waals surface area contributed by atoms with Crippen LogP contribution in [0.3, 0.4) is 0 Å². The highest BCUT2D eigenvalue weighted by molar-refractivity contribution is 9.10. The highest BCUT2D eigenvalue weighted by Crippen LogP contribution is 2.29. The van der Waals surface area contributed by atoms with Gasteiger partial charge in [-0.3, -0.25) is 0 Å². The Hall–Kier alpha value is -0.580. The molecule has 1 fully saturated rings. The molecule has 112 valence electrons. The SMILES string of the molecule is CCNCc1cc(Br)ccc1N1CCC(C(C)O)CC1. The fraction of sp³-hybridized carbons (Fsp3) is 0.625. The average molecular weight is 341 g/mol. The minimum Gasteiger partial charge on any atom is -0.393 e. The second kappa shape index (κ2) is 7.43. The molecule has 1 aromatic rings. The Morgan fingerprint density at radius 2 is 2.10 bits per heavy atom. The summed E-state index contributed by atoms with van der Waals surface area (Å²) in [6.07, 6.45) is 1.98. The lowest BCUT2D eigenvalue weighted by Gasteiger charge is -2.36. The second-order valence-electron chi connectivity index (χ2n) is 5.62. The van der Waals surface area contributed by atoms with Crippen molar-refractivity contribution in [2.75, 3.05) is 24.5 Å². The molecule has 20 heavy (non-hydrogen) atoms. The zero-order valence-electron chi connectivity index (χ0n) is 12.4. The van der Waals surface area contributed by atoms with E-state index in [-0.39, 0.29) is 6.10 Å². The largest absolute Gasteiger partial charge is 0.393 e. The molecule has 0 amide bonds. The lowest BCUT2D eigenvalue weighted by Crippen LogP contribution is -2.37. The van der Waals surface area contributed by atoms with Crippen LogP contribution in [0.2, 0.25) is 0 Å². The van der Waals surface area contributed by atoms with E-state index in [1.807, 2.05) is 6.92 Å². The van der Waals surface area contributed by atoms with Gasteiger partial charge in [0.05, 0.1) is 6.10 Å². The van der Waals surface area contributed by atoms with Gasteiger partial charge >= 0.3 is 0 Å². The normalized spacial score (nSPS) is 18.3. The van der Waals surface area contributed by atoms with Crippen molar-refractivity contribution in [2.45, 2.75) is 39.3 Å². The number of nitrogens with zero attached hydrogens (tertiary/aromatic N) is 1. The van der Waals surface area contributed by atoms with Crippen LogP contribution in [0.5, 0.6) is 0 Å². The Labute approximate surface area is 130 Å². The van der Waals surface area contributed by atoms with E-state index in [9.17, 15) is 5.11 Å². The van der Waals surface area contributed by atoms with E-state index in [1.165, 1.54) is 11.3 Å². The first-order valence-corrected chi connectivity index (χ1v) is 8.33. The lowest BCUT2D eigenvalue weighted by molar-refractivity contribution is 0.110. The first kappa shape index (κ1) is 15.8. The van der Waals surface area contributed by atoms with Gasteiger partial charge in [-0.25, -0.2) is 0 Å². The van der Waals surface area contributed by atoms with Crippen LogP contribution in [-0.4, -0.2) is 30.8 Å². The van der Waals surface area contributed by atoms with Crippen molar-refractivity contribution in [3.8, 4) is 0 Å². The van der Waals surface area contributed by atoms with Crippen molar-refractivity contribution in [2.24, 2.45) is 5.92 Å². The van der Waals surface area contributed by atoms with Gasteiger partial charge in [-0.05, 0) is 56.0 Å². The Bertz CT molecular complexity index is 428. The van der Waals surface area contributed by atoms with Gasteiger partial charge in [0.25, 0.3) is 0 Å². The van der Waals surface area contributed by atoms with E-state index in [4.69, 9.17) is 0 Å². The lowest BCUT2D eigenvalue weighted by atomic mass is 9.91. The molecule has 1 saturated heterocycles. The molecular weight excluding hydrogens is 316 g/mol. The molecule has 0 radical (unpaired) electrons. The zero-order chi connectivity index (χ0) is 14.5. The standard InChI is InChI=1S/C16H25BrN2O/c1-3-18-11-14-10-15(17)4-5-16(14)19-8-6-13(7-9-19)12(2)20/h4-5,10,12-13,18,20H,3,6-9,11H2,1-2H3. The van der Waals surface area contributed by atoms with Gasteiger partial charge in [-0.15, -0.1) is 0 Å². The Balaban J connectivity index is 2.08. The summed E-state index contributed by atoms with van der Waals surface area (Å²) in [5.41, 5.74) is 2.68. The smallest absolute Gasteiger partial charge is 0.0541 e. The molecule has 1 aromatic carbocycles. The number of hydrogen-bond acceptors (Lipinski definition) is 3. The van der Waals surface area contributed by atoms with Crippen LogP contribution in [0.15, 0.2) is 22.7 Å². The quantitative estimate of drug-likeness (QED) is 0.864. The Morgan fingerprint density at radius 3 is 2.70 bits per heavy atom. The van der Waals surface area contributed by atoms with Crippen molar-refractivity contribution < 1.29 is 5.11 Å². The van der Waals surface area contributed by atoms with Crippen LogP contribution < -0.4 is 10.2 Å². The predicted octanol–water partition coefficient (Wildman–Crippen LogP) is 3.16. The van der Waals surface area contributed by atoms with E-state index in [0.717, 1.165) is 43.5 Å². The second-order valence-corrected chi connectivity index (χ2v) is 6.53. The molecular formula is C16H25BrN2O. The van der Waals surface area contributed by atoms with Gasteiger partial charge < -0.3 is 15.3 Å². The molecule has 4 heteroatoms. The van der Waals surface area contributed by atoms with Crippen molar-refractivity contribution in [3.05, 3.63) is 28.2 Å². The highest BCUT2D eigenvalue weighted by Gasteiger charge is 2.23. The van der Waals surface area contributed by atoms with Crippen LogP contribution in [0.25, 0.3) is 0 Å². The first-order chi connectivity index (χ1) is 9.61. The number of rotatable bonds is 5. The van der Waals surface area contributed by atoms with Crippen molar-refractivity contribution in [1.29, 1.82) is 0 Å². The molecule has 0 saturated carbocycles. The maximum absolute atomic E-state index is 9.71. The number of benzene rings is 1. The predicted molar refractivity (Wildman–Crippen MR) is 88.1 cm³/mol. The molecule has 0 aliphatic carbocycles. The van der Waals surface area contributed by atoms with E-state index in [2.05, 4.69) is 51.3 Å². The maximum atomic E-state index is 9.71. The van der Waals surface area contributed by atoms with Gasteiger partial charge in [0.1, 0.15) is 0 Å². The van der Waals surface area contributed by atoms with Gasteiger partial charge in [0.15, 0.2) is 0 Å². The third-order valence-electron chi connectivity index (χ3n) is 4.17. The Morgan fingerprint density at radius 1 is 1.40 bits per heavy atom. The summed E-state index contributed by atoms with van der Waals surface area (Å²) in [5.74, 6) is 0.457. The van der Waals surface area contributed by atoms with Gasteiger partial charge in [0.2, 0.25) is 0 Å². The highest BCUT2D eigenvalue weighted by atomic mass is 79.9. The molecule has 0 aromatic heterocycles. The van der Waals surface area contributed by atoms with Gasteiger partial charge in [0, 0.05) is 29.8 Å². The summed E-state index contributed by atoms with van der Waals surface area (Å²) in [4.78, 5) is 2.46. The summed E-state index contributed by atoms with van der Waals surface area (Å²) in [6, 6.07) is 6.53. The van der Waals surface area contributed by atoms with Crippen LogP contribution >= 0.6 is 15.9 Å². The third kappa shape index (κ3) is 3.96. The first-order valence-electron chi connectivity index (χ1n) is 7.54. The number of piperidine rings is 1. The molecule has 1 unspecified atom stereocenters. The topological polar surface area (TPSA) is 35.5 Å². The minimum absolute atomic E-state index is 0.178. The summed E-state index contributed by atoms with van der Waals surface area (Å²) >= 11 is 3.56. The number of hydrogen-bond donors (Lipinski definition) is 2. The minimum atomic E-state index is -0.178. The monoisotopic (exact) mass is 340 g/mol. The number of aliphatic hydroxyl groups is 1. The summed E-state index contributed by atoms with van der Waals surface area (Å²) in [6.45, 7) is 8.01. The number of halogens is 1. The van der Waals surface area contributed by atoms with Crippen LogP contribution in [-0.2, 0) is 6.54 Å². The summed E-state index contributed by atoms with van der Waals surface area (Å²) in [7, 11) is 0. The van der Waals surface area contributed by atoms with Gasteiger partial charge in [-0.2, -0.15) is 0 Å². The fourth-order valence-electron chi connectivity index (χ4n) is 2.89. The third-order valence-corrected chi connectivity index (χ3v) is 4.66. The molecule has 1 aliphatic rings. The fourth-order valence-corrected chi connectivity index (χ4v) is 3.30. The summed E-state index contributed by atoms with van der Waals surface area (Å²) < 4.78 is 1.13. The number of aliphatic hydroxyl groups excluding tert-OH is 1.